The topological polar surface area (TPSA) is 60.4 Å². The summed E-state index contributed by atoms with van der Waals surface area (Å²) in [4.78, 5) is 40.2. The van der Waals surface area contributed by atoms with Crippen molar-refractivity contribution >= 4 is 17.5 Å². The smallest absolute Gasteiger partial charge is 0.333 e. The Morgan fingerprint density at radius 3 is 1.68 bits per heavy atom. The van der Waals surface area contributed by atoms with E-state index in [1.54, 1.807) is 44.2 Å². The zero-order chi connectivity index (χ0) is 24.7. The lowest BCUT2D eigenvalue weighted by atomic mass is 9.76. The molecule has 0 radical (unpaired) electrons. The number of esters is 1. The summed E-state index contributed by atoms with van der Waals surface area (Å²) in [7, 11) is 0. The standard InChI is InChI=1S/C30H30O4/c1-5-34-30(33)22(4)19-26(23-9-7-6-8-10-23)27(28(31)24-15-11-20(2)12-16-24)29(32)25-17-13-21(3)14-18-25/h6-19,26-27H,5H2,1-4H3/b22-19+. The third-order valence-electron chi connectivity index (χ3n) is 5.81. The normalized spacial score (nSPS) is 12.3. The van der Waals surface area contributed by atoms with Gasteiger partial charge in [0.1, 0.15) is 0 Å². The van der Waals surface area contributed by atoms with E-state index < -0.39 is 17.8 Å². The summed E-state index contributed by atoms with van der Waals surface area (Å²) in [5, 5.41) is 0. The van der Waals surface area contributed by atoms with Gasteiger partial charge in [0.2, 0.25) is 0 Å². The van der Waals surface area contributed by atoms with E-state index in [2.05, 4.69) is 0 Å². The van der Waals surface area contributed by atoms with Gasteiger partial charge in [0.15, 0.2) is 11.6 Å². The Labute approximate surface area is 201 Å². The van der Waals surface area contributed by atoms with Gasteiger partial charge in [-0.05, 0) is 33.3 Å². The van der Waals surface area contributed by atoms with Crippen LogP contribution in [-0.4, -0.2) is 24.1 Å². The molecule has 34 heavy (non-hydrogen) atoms. The minimum atomic E-state index is -1.04. The van der Waals surface area contributed by atoms with E-state index in [-0.39, 0.29) is 18.2 Å². The second kappa shape index (κ2) is 11.4. The van der Waals surface area contributed by atoms with E-state index in [4.69, 9.17) is 4.74 Å². The number of hydrogen-bond acceptors (Lipinski definition) is 4. The molecule has 0 aromatic heterocycles. The van der Waals surface area contributed by atoms with Crippen LogP contribution in [0.15, 0.2) is 90.5 Å². The molecule has 0 saturated carbocycles. The predicted octanol–water partition coefficient (Wildman–Crippen LogP) is 6.28. The maximum absolute atomic E-state index is 13.9. The van der Waals surface area contributed by atoms with E-state index in [9.17, 15) is 14.4 Å². The van der Waals surface area contributed by atoms with Crippen LogP contribution in [0.2, 0.25) is 0 Å². The number of hydrogen-bond donors (Lipinski definition) is 0. The van der Waals surface area contributed by atoms with Crippen LogP contribution >= 0.6 is 0 Å². The molecule has 0 aliphatic heterocycles. The van der Waals surface area contributed by atoms with Gasteiger partial charge in [0.05, 0.1) is 12.5 Å². The number of benzene rings is 3. The lowest BCUT2D eigenvalue weighted by Gasteiger charge is -2.24. The maximum Gasteiger partial charge on any atom is 0.333 e. The summed E-state index contributed by atoms with van der Waals surface area (Å²) >= 11 is 0. The van der Waals surface area contributed by atoms with Crippen molar-refractivity contribution in [3.8, 4) is 0 Å². The fraction of sp³-hybridized carbons (Fsp3) is 0.233. The summed E-state index contributed by atoms with van der Waals surface area (Å²) in [6.45, 7) is 7.53. The highest BCUT2D eigenvalue weighted by atomic mass is 16.5. The van der Waals surface area contributed by atoms with Crippen molar-refractivity contribution in [2.24, 2.45) is 5.92 Å². The molecule has 0 N–H and O–H groups in total. The average Bonchev–Trinajstić information content (AvgIpc) is 2.84. The minimum absolute atomic E-state index is 0.244. The number of allylic oxidation sites excluding steroid dienone is 1. The lowest BCUT2D eigenvalue weighted by molar-refractivity contribution is -0.138. The van der Waals surface area contributed by atoms with Crippen LogP contribution in [0.3, 0.4) is 0 Å². The Morgan fingerprint density at radius 2 is 1.24 bits per heavy atom. The SMILES string of the molecule is CCOC(=O)/C(C)=C/C(c1ccccc1)C(C(=O)c1ccc(C)cc1)C(=O)c1ccc(C)cc1. The van der Waals surface area contributed by atoms with Crippen LogP contribution in [0, 0.1) is 19.8 Å². The molecule has 4 nitrogen and oxygen atoms in total. The monoisotopic (exact) mass is 454 g/mol. The fourth-order valence-electron chi connectivity index (χ4n) is 3.88. The van der Waals surface area contributed by atoms with Gasteiger partial charge in [-0.2, -0.15) is 0 Å². The van der Waals surface area contributed by atoms with Gasteiger partial charge in [-0.3, -0.25) is 9.59 Å². The Kier molecular flexibility index (Phi) is 8.31. The van der Waals surface area contributed by atoms with Crippen molar-refractivity contribution in [1.82, 2.24) is 0 Å². The van der Waals surface area contributed by atoms with E-state index in [1.807, 2.05) is 68.4 Å². The summed E-state index contributed by atoms with van der Waals surface area (Å²) in [5.41, 5.74) is 4.09. The van der Waals surface area contributed by atoms with Crippen LogP contribution in [0.5, 0.6) is 0 Å². The third-order valence-corrected chi connectivity index (χ3v) is 5.81. The molecule has 0 heterocycles. The first-order valence-corrected chi connectivity index (χ1v) is 11.4. The quantitative estimate of drug-likeness (QED) is 0.165. The van der Waals surface area contributed by atoms with E-state index >= 15 is 0 Å². The molecule has 174 valence electrons. The summed E-state index contributed by atoms with van der Waals surface area (Å²) in [5.74, 6) is -2.72. The number of rotatable bonds is 9. The maximum atomic E-state index is 13.9. The molecule has 3 rings (SSSR count). The van der Waals surface area contributed by atoms with Crippen molar-refractivity contribution in [2.75, 3.05) is 6.61 Å². The zero-order valence-corrected chi connectivity index (χ0v) is 20.1. The second-order valence-corrected chi connectivity index (χ2v) is 8.44. The first-order valence-electron chi connectivity index (χ1n) is 11.4. The molecule has 1 atom stereocenters. The molecule has 3 aromatic rings. The second-order valence-electron chi connectivity index (χ2n) is 8.44. The van der Waals surface area contributed by atoms with Gasteiger partial charge in [-0.1, -0.05) is 96.1 Å². The number of Topliss-reactive ketones (excluding diaryl/α,β-unsaturated/α-hetero) is 2. The summed E-state index contributed by atoms with van der Waals surface area (Å²) in [6, 6.07) is 23.8. The number of carbonyl (C=O) groups is 3. The molecule has 0 fully saturated rings. The summed E-state index contributed by atoms with van der Waals surface area (Å²) < 4.78 is 5.16. The molecule has 4 heteroatoms. The average molecular weight is 455 g/mol. The Hall–Kier alpha value is -3.79. The van der Waals surface area contributed by atoms with Gasteiger partial charge < -0.3 is 4.74 Å². The van der Waals surface area contributed by atoms with E-state index in [0.717, 1.165) is 16.7 Å². The molecule has 0 aliphatic carbocycles. The van der Waals surface area contributed by atoms with Crippen LogP contribution in [0.1, 0.15) is 57.2 Å². The first-order chi connectivity index (χ1) is 16.3. The summed E-state index contributed by atoms with van der Waals surface area (Å²) in [6.07, 6.45) is 1.69. The molecular weight excluding hydrogens is 424 g/mol. The van der Waals surface area contributed by atoms with Crippen LogP contribution < -0.4 is 0 Å². The third kappa shape index (κ3) is 5.96. The van der Waals surface area contributed by atoms with Gasteiger partial charge in [-0.15, -0.1) is 0 Å². The fourth-order valence-corrected chi connectivity index (χ4v) is 3.88. The number of ether oxygens (including phenoxy) is 1. The molecule has 0 amide bonds. The van der Waals surface area contributed by atoms with Crippen LogP contribution in [-0.2, 0) is 9.53 Å². The van der Waals surface area contributed by atoms with Crippen molar-refractivity contribution < 1.29 is 19.1 Å². The van der Waals surface area contributed by atoms with Crippen LogP contribution in [0.25, 0.3) is 0 Å². The molecule has 0 bridgehead atoms. The largest absolute Gasteiger partial charge is 0.463 e. The Morgan fingerprint density at radius 1 is 0.765 bits per heavy atom. The van der Waals surface area contributed by atoms with Crippen molar-refractivity contribution in [1.29, 1.82) is 0 Å². The minimum Gasteiger partial charge on any atom is -0.463 e. The molecule has 3 aromatic carbocycles. The van der Waals surface area contributed by atoms with Gasteiger partial charge in [0, 0.05) is 22.6 Å². The van der Waals surface area contributed by atoms with Gasteiger partial charge in [0.25, 0.3) is 0 Å². The zero-order valence-electron chi connectivity index (χ0n) is 20.1. The molecule has 1 unspecified atom stereocenters. The molecular formula is C30H30O4. The van der Waals surface area contributed by atoms with Gasteiger partial charge >= 0.3 is 5.97 Å². The van der Waals surface area contributed by atoms with Gasteiger partial charge in [-0.25, -0.2) is 4.79 Å². The highest BCUT2D eigenvalue weighted by Crippen LogP contribution is 2.33. The van der Waals surface area contributed by atoms with E-state index in [1.165, 1.54) is 0 Å². The highest BCUT2D eigenvalue weighted by molar-refractivity contribution is 6.17. The number of aryl methyl sites for hydroxylation is 2. The Bertz CT molecular complexity index is 1120. The Balaban J connectivity index is 2.18. The van der Waals surface area contributed by atoms with Crippen LogP contribution in [0.4, 0.5) is 0 Å². The predicted molar refractivity (Wildman–Crippen MR) is 134 cm³/mol. The molecule has 0 saturated heterocycles. The van der Waals surface area contributed by atoms with Crippen molar-refractivity contribution in [3.63, 3.8) is 0 Å². The first kappa shape index (κ1) is 24.8. The van der Waals surface area contributed by atoms with Crippen molar-refractivity contribution in [3.05, 3.63) is 118 Å². The number of ketones is 2. The highest BCUT2D eigenvalue weighted by Gasteiger charge is 2.36. The van der Waals surface area contributed by atoms with E-state index in [0.29, 0.717) is 16.7 Å². The molecule has 0 spiro atoms. The number of carbonyl (C=O) groups excluding carboxylic acids is 3. The van der Waals surface area contributed by atoms with Crippen molar-refractivity contribution in [2.45, 2.75) is 33.6 Å². The lowest BCUT2D eigenvalue weighted by Crippen LogP contribution is -2.30. The molecule has 0 aliphatic rings.